The van der Waals surface area contributed by atoms with Crippen molar-refractivity contribution in [3.8, 4) is 0 Å². The minimum Gasteiger partial charge on any atom is -0.412 e. The first kappa shape index (κ1) is 12.1. The Balaban J connectivity index is 2.14. The van der Waals surface area contributed by atoms with Crippen LogP contribution >= 0.6 is 12.2 Å². The molecule has 0 aliphatic heterocycles. The van der Waals surface area contributed by atoms with Crippen LogP contribution in [0.25, 0.3) is 11.0 Å². The molecule has 98 valence electrons. The van der Waals surface area contributed by atoms with E-state index in [4.69, 9.17) is 16.6 Å². The zero-order chi connectivity index (χ0) is 13.4. The highest BCUT2D eigenvalue weighted by molar-refractivity contribution is 7.71. The van der Waals surface area contributed by atoms with Gasteiger partial charge in [-0.05, 0) is 24.4 Å². The van der Waals surface area contributed by atoms with Gasteiger partial charge < -0.3 is 8.98 Å². The molecule has 0 saturated carbocycles. The predicted octanol–water partition coefficient (Wildman–Crippen LogP) is 3.25. The van der Waals surface area contributed by atoms with Crippen LogP contribution in [0.1, 0.15) is 31.5 Å². The Morgan fingerprint density at radius 1 is 1.37 bits per heavy atom. The van der Waals surface area contributed by atoms with Crippen LogP contribution in [0.15, 0.2) is 28.7 Å². The molecule has 0 aliphatic carbocycles. The van der Waals surface area contributed by atoms with Gasteiger partial charge in [0.05, 0.1) is 11.0 Å². The molecule has 3 rings (SSSR count). The summed E-state index contributed by atoms with van der Waals surface area (Å²) in [6, 6.07) is 8.06. The van der Waals surface area contributed by atoms with Crippen LogP contribution in [0.5, 0.6) is 0 Å². The monoisotopic (exact) mass is 274 g/mol. The van der Waals surface area contributed by atoms with Gasteiger partial charge in [-0.1, -0.05) is 26.0 Å². The maximum atomic E-state index is 5.34. The number of fused-ring (bicyclic) bond motifs is 1. The zero-order valence-corrected chi connectivity index (χ0v) is 11.6. The van der Waals surface area contributed by atoms with E-state index in [0.29, 0.717) is 23.2 Å². The van der Waals surface area contributed by atoms with Gasteiger partial charge in [-0.3, -0.25) is 0 Å². The zero-order valence-electron chi connectivity index (χ0n) is 10.8. The number of aromatic nitrogens is 4. The molecule has 19 heavy (non-hydrogen) atoms. The fourth-order valence-electron chi connectivity index (χ4n) is 2.16. The molecule has 0 saturated heterocycles. The second-order valence-electron chi connectivity index (χ2n) is 4.71. The predicted molar refractivity (Wildman–Crippen MR) is 74.6 cm³/mol. The Labute approximate surface area is 115 Å². The number of hydrogen-bond donors (Lipinski definition) is 1. The molecular weight excluding hydrogens is 260 g/mol. The van der Waals surface area contributed by atoms with Gasteiger partial charge in [-0.15, -0.1) is 5.10 Å². The number of benzene rings is 1. The number of rotatable bonds is 3. The highest BCUT2D eigenvalue weighted by Gasteiger charge is 2.15. The molecule has 2 heterocycles. The quantitative estimate of drug-likeness (QED) is 0.745. The Morgan fingerprint density at radius 3 is 2.84 bits per heavy atom. The van der Waals surface area contributed by atoms with Crippen molar-refractivity contribution in [2.75, 3.05) is 0 Å². The number of hydrogen-bond acceptors (Lipinski definition) is 4. The molecule has 0 bridgehead atoms. The summed E-state index contributed by atoms with van der Waals surface area (Å²) in [4.78, 5) is 4.97. The first-order chi connectivity index (χ1) is 9.15. The minimum absolute atomic E-state index is 0.297. The van der Waals surface area contributed by atoms with Gasteiger partial charge in [0.15, 0.2) is 0 Å². The Bertz CT molecular complexity index is 768. The molecule has 0 aliphatic rings. The number of imidazole rings is 1. The SMILES string of the molecule is CC(C)c1nc2ccccc2n1Cc1n[nH]c(=S)o1. The van der Waals surface area contributed by atoms with Crippen LogP contribution in [0, 0.1) is 4.84 Å². The lowest BCUT2D eigenvalue weighted by atomic mass is 10.2. The average Bonchev–Trinajstić information content (AvgIpc) is 2.95. The summed E-state index contributed by atoms with van der Waals surface area (Å²) in [6.07, 6.45) is 0. The van der Waals surface area contributed by atoms with Gasteiger partial charge in [-0.25, -0.2) is 10.1 Å². The van der Waals surface area contributed by atoms with Crippen molar-refractivity contribution >= 4 is 23.3 Å². The average molecular weight is 274 g/mol. The van der Waals surface area contributed by atoms with Gasteiger partial charge in [0.2, 0.25) is 5.89 Å². The van der Waals surface area contributed by atoms with Gasteiger partial charge >= 0.3 is 0 Å². The van der Waals surface area contributed by atoms with Gasteiger partial charge in [0.1, 0.15) is 12.4 Å². The van der Waals surface area contributed by atoms with Gasteiger partial charge in [-0.2, -0.15) is 0 Å². The maximum absolute atomic E-state index is 5.34. The molecule has 1 N–H and O–H groups in total. The lowest BCUT2D eigenvalue weighted by Crippen LogP contribution is -2.07. The normalized spacial score (nSPS) is 11.5. The molecule has 1 aromatic carbocycles. The Morgan fingerprint density at radius 2 is 2.16 bits per heavy atom. The number of nitrogens with zero attached hydrogens (tertiary/aromatic N) is 3. The van der Waals surface area contributed by atoms with Crippen LogP contribution in [-0.2, 0) is 6.54 Å². The topological polar surface area (TPSA) is 59.6 Å². The molecule has 6 heteroatoms. The molecule has 2 aromatic heterocycles. The third kappa shape index (κ3) is 2.19. The second kappa shape index (κ2) is 4.62. The number of nitrogens with one attached hydrogen (secondary N) is 1. The largest absolute Gasteiger partial charge is 0.412 e. The van der Waals surface area contributed by atoms with E-state index in [9.17, 15) is 0 Å². The molecule has 0 atom stereocenters. The van der Waals surface area contributed by atoms with E-state index < -0.39 is 0 Å². The van der Waals surface area contributed by atoms with Crippen molar-refractivity contribution in [2.24, 2.45) is 0 Å². The van der Waals surface area contributed by atoms with E-state index in [1.165, 1.54) is 0 Å². The number of aromatic amines is 1. The van der Waals surface area contributed by atoms with Crippen LogP contribution < -0.4 is 0 Å². The molecule has 0 fully saturated rings. The summed E-state index contributed by atoms with van der Waals surface area (Å²) >= 11 is 4.90. The van der Waals surface area contributed by atoms with E-state index in [-0.39, 0.29) is 0 Å². The third-order valence-electron chi connectivity index (χ3n) is 2.98. The third-order valence-corrected chi connectivity index (χ3v) is 3.15. The first-order valence-electron chi connectivity index (χ1n) is 6.14. The van der Waals surface area contributed by atoms with E-state index in [2.05, 4.69) is 39.7 Å². The van der Waals surface area contributed by atoms with E-state index >= 15 is 0 Å². The summed E-state index contributed by atoms with van der Waals surface area (Å²) in [5, 5.41) is 6.70. The highest BCUT2D eigenvalue weighted by atomic mass is 32.1. The summed E-state index contributed by atoms with van der Waals surface area (Å²) in [6.45, 7) is 4.77. The fraction of sp³-hybridized carbons (Fsp3) is 0.308. The first-order valence-corrected chi connectivity index (χ1v) is 6.55. The van der Waals surface area contributed by atoms with Crippen LogP contribution in [0.4, 0.5) is 0 Å². The van der Waals surface area contributed by atoms with Gasteiger partial charge in [0.25, 0.3) is 4.84 Å². The summed E-state index contributed by atoms with van der Waals surface area (Å²) in [5.41, 5.74) is 2.07. The molecule has 3 aromatic rings. The van der Waals surface area contributed by atoms with Crippen molar-refractivity contribution in [2.45, 2.75) is 26.3 Å². The molecular formula is C13H14N4OS. The molecule has 5 nitrogen and oxygen atoms in total. The van der Waals surface area contributed by atoms with Crippen molar-refractivity contribution < 1.29 is 4.42 Å². The fourth-order valence-corrected chi connectivity index (χ4v) is 2.31. The summed E-state index contributed by atoms with van der Waals surface area (Å²) in [5.74, 6) is 1.91. The van der Waals surface area contributed by atoms with Crippen molar-refractivity contribution in [1.29, 1.82) is 0 Å². The van der Waals surface area contributed by atoms with Crippen molar-refractivity contribution in [3.63, 3.8) is 0 Å². The molecule has 0 spiro atoms. The van der Waals surface area contributed by atoms with E-state index in [0.717, 1.165) is 16.9 Å². The van der Waals surface area contributed by atoms with Crippen molar-refractivity contribution in [3.05, 3.63) is 40.8 Å². The molecule has 0 amide bonds. The Hall–Kier alpha value is -1.95. The van der Waals surface area contributed by atoms with E-state index in [1.54, 1.807) is 0 Å². The van der Waals surface area contributed by atoms with Crippen molar-refractivity contribution in [1.82, 2.24) is 19.7 Å². The Kier molecular flexibility index (Phi) is 2.94. The second-order valence-corrected chi connectivity index (χ2v) is 5.08. The number of H-pyrrole nitrogens is 1. The maximum Gasteiger partial charge on any atom is 0.284 e. The minimum atomic E-state index is 0.297. The lowest BCUT2D eigenvalue weighted by molar-refractivity contribution is 0.463. The van der Waals surface area contributed by atoms with Crippen LogP contribution in [0.3, 0.4) is 0 Å². The standard InChI is InChI=1S/C13H14N4OS/c1-8(2)12-14-9-5-3-4-6-10(9)17(12)7-11-15-16-13(19)18-11/h3-6,8H,7H2,1-2H3,(H,16,19). The highest BCUT2D eigenvalue weighted by Crippen LogP contribution is 2.22. The molecule has 0 unspecified atom stereocenters. The molecule has 0 radical (unpaired) electrons. The summed E-state index contributed by atoms with van der Waals surface area (Å²) < 4.78 is 7.46. The van der Waals surface area contributed by atoms with Crippen LogP contribution in [0.2, 0.25) is 0 Å². The van der Waals surface area contributed by atoms with Crippen LogP contribution in [-0.4, -0.2) is 19.7 Å². The summed E-state index contributed by atoms with van der Waals surface area (Å²) in [7, 11) is 0. The smallest absolute Gasteiger partial charge is 0.284 e. The lowest BCUT2D eigenvalue weighted by Gasteiger charge is -2.08. The number of para-hydroxylation sites is 2. The van der Waals surface area contributed by atoms with E-state index in [1.807, 2.05) is 18.2 Å². The van der Waals surface area contributed by atoms with Gasteiger partial charge in [0, 0.05) is 5.92 Å².